The van der Waals surface area contributed by atoms with Crippen LogP contribution in [0.1, 0.15) is 28.3 Å². The van der Waals surface area contributed by atoms with Crippen LogP contribution in [-0.4, -0.2) is 33.1 Å². The summed E-state index contributed by atoms with van der Waals surface area (Å²) in [6.45, 7) is 0.845. The van der Waals surface area contributed by atoms with Crippen LogP contribution in [0.5, 0.6) is 0 Å². The Balaban J connectivity index is 0.00000392. The number of nitrogens with two attached hydrogens (primary N) is 1. The minimum atomic E-state index is -0.703. The molecule has 2 aromatic rings. The van der Waals surface area contributed by atoms with Crippen LogP contribution < -0.4 is 11.1 Å². The molecule has 8 heteroatoms. The molecule has 0 aliphatic heterocycles. The summed E-state index contributed by atoms with van der Waals surface area (Å²) in [6.07, 6.45) is 0. The maximum atomic E-state index is 12.4. The van der Waals surface area contributed by atoms with Crippen molar-refractivity contribution in [3.8, 4) is 0 Å². The first kappa shape index (κ1) is 23.4. The van der Waals surface area contributed by atoms with E-state index in [0.29, 0.717) is 24.5 Å². The highest BCUT2D eigenvalue weighted by molar-refractivity contribution is 5.95. The van der Waals surface area contributed by atoms with E-state index < -0.39 is 12.0 Å². The van der Waals surface area contributed by atoms with Crippen molar-refractivity contribution in [2.45, 2.75) is 19.3 Å². The fraction of sp³-hybridized carbons (Fsp3) is 0.300. The molecule has 0 saturated carbocycles. The van der Waals surface area contributed by atoms with Gasteiger partial charge in [0.1, 0.15) is 5.84 Å². The zero-order chi connectivity index (χ0) is 19.8. The molecule has 152 valence electrons. The number of hydrogen-bond donors (Lipinski definition) is 3. The van der Waals surface area contributed by atoms with Gasteiger partial charge in [0.25, 0.3) is 0 Å². The average Bonchev–Trinajstić information content (AvgIpc) is 2.66. The summed E-state index contributed by atoms with van der Waals surface area (Å²) >= 11 is 0. The van der Waals surface area contributed by atoms with Crippen molar-refractivity contribution in [3.05, 3.63) is 64.7 Å². The fourth-order valence-corrected chi connectivity index (χ4v) is 2.77. The van der Waals surface area contributed by atoms with E-state index in [9.17, 15) is 4.79 Å². The second-order valence-corrected chi connectivity index (χ2v) is 6.04. The summed E-state index contributed by atoms with van der Waals surface area (Å²) in [5.41, 5.74) is 9.42. The highest BCUT2D eigenvalue weighted by Crippen LogP contribution is 2.24. The largest absolute Gasteiger partial charge is 0.467 e. The van der Waals surface area contributed by atoms with E-state index in [-0.39, 0.29) is 18.2 Å². The van der Waals surface area contributed by atoms with Crippen LogP contribution in [0, 0.1) is 5.41 Å². The van der Waals surface area contributed by atoms with Crippen LogP contribution in [0.3, 0.4) is 0 Å². The Kier molecular flexibility index (Phi) is 9.44. The van der Waals surface area contributed by atoms with Gasteiger partial charge in [0, 0.05) is 25.5 Å². The highest BCUT2D eigenvalue weighted by Gasteiger charge is 2.22. The quantitative estimate of drug-likeness (QED) is 0.335. The second kappa shape index (κ2) is 11.3. The Morgan fingerprint density at radius 1 is 1.04 bits per heavy atom. The number of benzene rings is 2. The number of nitrogens with one attached hydrogen (secondary N) is 2. The topological polar surface area (TPSA) is 107 Å². The minimum Gasteiger partial charge on any atom is -0.467 e. The molecule has 1 unspecified atom stereocenters. The number of amidine groups is 1. The first-order chi connectivity index (χ1) is 13.0. The van der Waals surface area contributed by atoms with Crippen LogP contribution >= 0.6 is 12.4 Å². The van der Waals surface area contributed by atoms with Crippen LogP contribution in [0.4, 0.5) is 5.69 Å². The average molecular weight is 408 g/mol. The van der Waals surface area contributed by atoms with E-state index in [1.165, 1.54) is 7.11 Å². The molecule has 1 atom stereocenters. The normalized spacial score (nSPS) is 11.2. The van der Waals surface area contributed by atoms with Gasteiger partial charge >= 0.3 is 5.97 Å². The molecule has 28 heavy (non-hydrogen) atoms. The molecular formula is C20H26ClN3O4. The predicted molar refractivity (Wildman–Crippen MR) is 111 cm³/mol. The smallest absolute Gasteiger partial charge is 0.332 e. The SMILES string of the molecule is COCc1cc(COC)cc(C(Nc2ccc(C(=N)N)cc2)C(=O)OC)c1.Cl. The summed E-state index contributed by atoms with van der Waals surface area (Å²) in [6, 6.07) is 12.1. The molecule has 0 aliphatic rings. The zero-order valence-corrected chi connectivity index (χ0v) is 17.0. The first-order valence-electron chi connectivity index (χ1n) is 8.38. The van der Waals surface area contributed by atoms with Gasteiger partial charge in [0.2, 0.25) is 0 Å². The lowest BCUT2D eigenvalue weighted by atomic mass is 10.00. The van der Waals surface area contributed by atoms with Crippen LogP contribution in [-0.2, 0) is 32.2 Å². The Labute approximate surface area is 171 Å². The molecule has 0 fully saturated rings. The maximum Gasteiger partial charge on any atom is 0.332 e. The third kappa shape index (κ3) is 6.23. The highest BCUT2D eigenvalue weighted by atomic mass is 35.5. The third-order valence-corrected chi connectivity index (χ3v) is 3.97. The number of carbonyl (C=O) groups is 1. The molecule has 0 aliphatic carbocycles. The lowest BCUT2D eigenvalue weighted by molar-refractivity contribution is -0.141. The van der Waals surface area contributed by atoms with Gasteiger partial charge in [-0.1, -0.05) is 18.2 Å². The molecule has 0 heterocycles. The summed E-state index contributed by atoms with van der Waals surface area (Å²) in [7, 11) is 4.59. The van der Waals surface area contributed by atoms with Gasteiger partial charge in [-0.2, -0.15) is 0 Å². The molecule has 0 amide bonds. The van der Waals surface area contributed by atoms with Gasteiger partial charge in [-0.05, 0) is 41.0 Å². The van der Waals surface area contributed by atoms with E-state index in [1.54, 1.807) is 38.5 Å². The maximum absolute atomic E-state index is 12.4. The Bertz CT molecular complexity index is 772. The molecule has 2 aromatic carbocycles. The van der Waals surface area contributed by atoms with Crippen molar-refractivity contribution in [2.75, 3.05) is 26.6 Å². The van der Waals surface area contributed by atoms with E-state index in [2.05, 4.69) is 5.32 Å². The lowest BCUT2D eigenvalue weighted by Crippen LogP contribution is -2.23. The van der Waals surface area contributed by atoms with Crippen molar-refractivity contribution in [3.63, 3.8) is 0 Å². The Morgan fingerprint density at radius 2 is 1.57 bits per heavy atom. The number of halogens is 1. The van der Waals surface area contributed by atoms with Gasteiger partial charge in [0.05, 0.1) is 20.3 Å². The summed E-state index contributed by atoms with van der Waals surface area (Å²) < 4.78 is 15.4. The zero-order valence-electron chi connectivity index (χ0n) is 16.2. The second-order valence-electron chi connectivity index (χ2n) is 6.04. The van der Waals surface area contributed by atoms with Crippen LogP contribution in [0.15, 0.2) is 42.5 Å². The van der Waals surface area contributed by atoms with E-state index in [0.717, 1.165) is 16.7 Å². The number of ether oxygens (including phenoxy) is 3. The molecular weight excluding hydrogens is 382 g/mol. The molecule has 0 spiro atoms. The van der Waals surface area contributed by atoms with Crippen LogP contribution in [0.2, 0.25) is 0 Å². The number of nitrogen functional groups attached to an aromatic ring is 1. The standard InChI is InChI=1S/C20H25N3O4.ClH/c1-25-11-13-8-14(12-26-2)10-16(9-13)18(20(24)27-3)23-17-6-4-15(5-7-17)19(21)22;/h4-10,18,23H,11-12H2,1-3H3,(H3,21,22);1H. The van der Waals surface area contributed by atoms with E-state index in [4.69, 9.17) is 25.4 Å². The Morgan fingerprint density at radius 3 is 2.00 bits per heavy atom. The summed E-state index contributed by atoms with van der Waals surface area (Å²) in [5, 5.41) is 10.6. The number of anilines is 1. The number of methoxy groups -OCH3 is 3. The van der Waals surface area contributed by atoms with E-state index in [1.807, 2.05) is 18.2 Å². The van der Waals surface area contributed by atoms with Gasteiger partial charge in [-0.3, -0.25) is 5.41 Å². The number of rotatable bonds is 9. The Hall–Kier alpha value is -2.61. The first-order valence-corrected chi connectivity index (χ1v) is 8.38. The van der Waals surface area contributed by atoms with Crippen molar-refractivity contribution < 1.29 is 19.0 Å². The third-order valence-electron chi connectivity index (χ3n) is 3.97. The minimum absolute atomic E-state index is 0. The summed E-state index contributed by atoms with van der Waals surface area (Å²) in [4.78, 5) is 12.4. The van der Waals surface area contributed by atoms with Crippen molar-refractivity contribution >= 4 is 29.9 Å². The van der Waals surface area contributed by atoms with Crippen molar-refractivity contribution in [1.82, 2.24) is 0 Å². The fourth-order valence-electron chi connectivity index (χ4n) is 2.77. The van der Waals surface area contributed by atoms with Crippen LogP contribution in [0.25, 0.3) is 0 Å². The molecule has 0 aromatic heterocycles. The number of esters is 1. The van der Waals surface area contributed by atoms with Gasteiger partial charge < -0.3 is 25.3 Å². The molecule has 7 nitrogen and oxygen atoms in total. The lowest BCUT2D eigenvalue weighted by Gasteiger charge is -2.20. The predicted octanol–water partition coefficient (Wildman–Crippen LogP) is 3.01. The number of carbonyl (C=O) groups excluding carboxylic acids is 1. The molecule has 4 N–H and O–H groups in total. The van der Waals surface area contributed by atoms with Gasteiger partial charge in [0.15, 0.2) is 6.04 Å². The molecule has 0 radical (unpaired) electrons. The molecule has 0 bridgehead atoms. The monoisotopic (exact) mass is 407 g/mol. The summed E-state index contributed by atoms with van der Waals surface area (Å²) in [5.74, 6) is -0.425. The van der Waals surface area contributed by atoms with Crippen molar-refractivity contribution in [1.29, 1.82) is 5.41 Å². The van der Waals surface area contributed by atoms with Gasteiger partial charge in [-0.25, -0.2) is 4.79 Å². The molecule has 2 rings (SSSR count). The van der Waals surface area contributed by atoms with Gasteiger partial charge in [-0.15, -0.1) is 12.4 Å². The molecule has 0 saturated heterocycles. The van der Waals surface area contributed by atoms with E-state index >= 15 is 0 Å². The number of hydrogen-bond acceptors (Lipinski definition) is 6. The van der Waals surface area contributed by atoms with Crippen molar-refractivity contribution in [2.24, 2.45) is 5.73 Å².